The van der Waals surface area contributed by atoms with E-state index in [1.165, 1.54) is 6.42 Å². The van der Waals surface area contributed by atoms with Crippen molar-refractivity contribution in [1.82, 2.24) is 24.6 Å². The van der Waals surface area contributed by atoms with E-state index in [0.717, 1.165) is 36.6 Å². The summed E-state index contributed by atoms with van der Waals surface area (Å²) in [5, 5.41) is 7.41. The molecule has 7 heteroatoms. The van der Waals surface area contributed by atoms with Crippen molar-refractivity contribution in [1.29, 1.82) is 0 Å². The van der Waals surface area contributed by atoms with Crippen LogP contribution in [0.4, 0.5) is 5.82 Å². The molecule has 0 aromatic carbocycles. The van der Waals surface area contributed by atoms with Crippen LogP contribution in [0.1, 0.15) is 36.8 Å². The van der Waals surface area contributed by atoms with Crippen LogP contribution in [0.15, 0.2) is 12.1 Å². The van der Waals surface area contributed by atoms with Crippen LogP contribution in [0.25, 0.3) is 5.95 Å². The lowest BCUT2D eigenvalue weighted by molar-refractivity contribution is -0.117. The molecule has 1 amide bonds. The Morgan fingerprint density at radius 1 is 1.20 bits per heavy atom. The minimum atomic E-state index is -0.0281. The first kappa shape index (κ1) is 17.5. The molecule has 3 heterocycles. The maximum Gasteiger partial charge on any atom is 0.252 e. The zero-order valence-electron chi connectivity index (χ0n) is 15.4. The van der Waals surface area contributed by atoms with Gasteiger partial charge in [0, 0.05) is 24.0 Å². The molecule has 3 rings (SSSR count). The standard InChI is InChI=1S/C18H26N6O/c1-12-6-5-7-23(10-12)11-17(25)21-16-9-15(4)22-24(16)18-19-13(2)8-14(3)20-18/h8-9,12H,5-7,10-11H2,1-4H3,(H,21,25)/t12-/m0/s1. The summed E-state index contributed by atoms with van der Waals surface area (Å²) in [5.41, 5.74) is 2.55. The van der Waals surface area contributed by atoms with Crippen LogP contribution in [0.3, 0.4) is 0 Å². The zero-order valence-corrected chi connectivity index (χ0v) is 15.4. The number of piperidine rings is 1. The third-order valence-corrected chi connectivity index (χ3v) is 4.37. The van der Waals surface area contributed by atoms with Crippen LogP contribution < -0.4 is 5.32 Å². The van der Waals surface area contributed by atoms with Gasteiger partial charge in [0.2, 0.25) is 5.91 Å². The van der Waals surface area contributed by atoms with Gasteiger partial charge in [-0.15, -0.1) is 0 Å². The first-order valence-electron chi connectivity index (χ1n) is 8.82. The average molecular weight is 342 g/mol. The van der Waals surface area contributed by atoms with Crippen LogP contribution in [0.2, 0.25) is 0 Å². The predicted octanol–water partition coefficient (Wildman–Crippen LogP) is 2.26. The first-order valence-corrected chi connectivity index (χ1v) is 8.82. The van der Waals surface area contributed by atoms with Gasteiger partial charge >= 0.3 is 0 Å². The first-order chi connectivity index (χ1) is 11.9. The number of aromatic nitrogens is 4. The van der Waals surface area contributed by atoms with Crippen molar-refractivity contribution in [2.45, 2.75) is 40.5 Å². The van der Waals surface area contributed by atoms with Crippen molar-refractivity contribution in [3.05, 3.63) is 29.2 Å². The molecule has 2 aromatic heterocycles. The lowest BCUT2D eigenvalue weighted by Gasteiger charge is -2.30. The molecule has 0 unspecified atom stereocenters. The highest BCUT2D eigenvalue weighted by Gasteiger charge is 2.20. The molecule has 1 saturated heterocycles. The average Bonchev–Trinajstić information content (AvgIpc) is 2.86. The van der Waals surface area contributed by atoms with Crippen molar-refractivity contribution in [3.8, 4) is 5.95 Å². The van der Waals surface area contributed by atoms with Crippen molar-refractivity contribution >= 4 is 11.7 Å². The van der Waals surface area contributed by atoms with E-state index in [2.05, 4.69) is 32.2 Å². The molecule has 0 bridgehead atoms. The number of nitrogens with zero attached hydrogens (tertiary/aromatic N) is 5. The summed E-state index contributed by atoms with van der Waals surface area (Å²) in [6.45, 7) is 10.3. The molecule has 1 fully saturated rings. The molecule has 0 spiro atoms. The SMILES string of the molecule is Cc1cc(C)nc(-n2nc(C)cc2NC(=O)CN2CCC[C@H](C)C2)n1. The Balaban J connectivity index is 1.75. The quantitative estimate of drug-likeness (QED) is 0.922. The minimum absolute atomic E-state index is 0.0281. The number of amides is 1. The molecule has 0 radical (unpaired) electrons. The fraction of sp³-hybridized carbons (Fsp3) is 0.556. The normalized spacial score (nSPS) is 18.3. The fourth-order valence-electron chi connectivity index (χ4n) is 3.36. The van der Waals surface area contributed by atoms with E-state index in [1.807, 2.05) is 32.9 Å². The van der Waals surface area contributed by atoms with E-state index in [1.54, 1.807) is 4.68 Å². The summed E-state index contributed by atoms with van der Waals surface area (Å²) in [4.78, 5) is 23.6. The van der Waals surface area contributed by atoms with Gasteiger partial charge in [0.1, 0.15) is 5.82 Å². The number of nitrogens with one attached hydrogen (secondary N) is 1. The Kier molecular flexibility index (Phi) is 5.13. The molecular weight excluding hydrogens is 316 g/mol. The topological polar surface area (TPSA) is 75.9 Å². The Hall–Kier alpha value is -2.28. The molecule has 1 aliphatic heterocycles. The van der Waals surface area contributed by atoms with Gasteiger partial charge < -0.3 is 5.32 Å². The smallest absolute Gasteiger partial charge is 0.252 e. The number of carbonyl (C=O) groups is 1. The largest absolute Gasteiger partial charge is 0.309 e. The molecule has 25 heavy (non-hydrogen) atoms. The Morgan fingerprint density at radius 2 is 1.92 bits per heavy atom. The highest BCUT2D eigenvalue weighted by molar-refractivity contribution is 5.91. The highest BCUT2D eigenvalue weighted by Crippen LogP contribution is 2.17. The number of hydrogen-bond donors (Lipinski definition) is 1. The van der Waals surface area contributed by atoms with E-state index >= 15 is 0 Å². The van der Waals surface area contributed by atoms with E-state index in [0.29, 0.717) is 24.2 Å². The summed E-state index contributed by atoms with van der Waals surface area (Å²) >= 11 is 0. The maximum atomic E-state index is 12.5. The van der Waals surface area contributed by atoms with Crippen LogP contribution >= 0.6 is 0 Å². The molecule has 134 valence electrons. The van der Waals surface area contributed by atoms with Crippen LogP contribution in [0.5, 0.6) is 0 Å². The molecular formula is C18H26N6O. The van der Waals surface area contributed by atoms with Gasteiger partial charge in [-0.1, -0.05) is 6.92 Å². The monoisotopic (exact) mass is 342 g/mol. The number of likely N-dealkylation sites (tertiary alicyclic amines) is 1. The van der Waals surface area contributed by atoms with Crippen molar-refractivity contribution in [2.75, 3.05) is 25.0 Å². The molecule has 7 nitrogen and oxygen atoms in total. The van der Waals surface area contributed by atoms with Gasteiger partial charge in [-0.3, -0.25) is 9.69 Å². The summed E-state index contributed by atoms with van der Waals surface area (Å²) in [7, 11) is 0. The number of anilines is 1. The van der Waals surface area contributed by atoms with Crippen LogP contribution in [-0.2, 0) is 4.79 Å². The van der Waals surface area contributed by atoms with Crippen molar-refractivity contribution < 1.29 is 4.79 Å². The third kappa shape index (κ3) is 4.42. The van der Waals surface area contributed by atoms with E-state index < -0.39 is 0 Å². The number of hydrogen-bond acceptors (Lipinski definition) is 5. The second-order valence-electron chi connectivity index (χ2n) is 7.06. The van der Waals surface area contributed by atoms with Gasteiger partial charge in [-0.05, 0) is 52.1 Å². The summed E-state index contributed by atoms with van der Waals surface area (Å²) in [6, 6.07) is 3.76. The van der Waals surface area contributed by atoms with E-state index in [-0.39, 0.29) is 5.91 Å². The molecule has 1 atom stereocenters. The molecule has 1 N–H and O–H groups in total. The van der Waals surface area contributed by atoms with E-state index in [4.69, 9.17) is 0 Å². The van der Waals surface area contributed by atoms with Crippen LogP contribution in [0, 0.1) is 26.7 Å². The summed E-state index contributed by atoms with van der Waals surface area (Å²) in [6.07, 6.45) is 2.40. The lowest BCUT2D eigenvalue weighted by atomic mass is 10.0. The summed E-state index contributed by atoms with van der Waals surface area (Å²) < 4.78 is 1.60. The van der Waals surface area contributed by atoms with Gasteiger partial charge in [-0.25, -0.2) is 9.97 Å². The predicted molar refractivity (Wildman–Crippen MR) is 96.8 cm³/mol. The van der Waals surface area contributed by atoms with Crippen molar-refractivity contribution in [2.24, 2.45) is 5.92 Å². The second kappa shape index (κ2) is 7.31. The Bertz CT molecular complexity index is 749. The van der Waals surface area contributed by atoms with Crippen molar-refractivity contribution in [3.63, 3.8) is 0 Å². The fourth-order valence-corrected chi connectivity index (χ4v) is 3.36. The number of aryl methyl sites for hydroxylation is 3. The molecule has 2 aromatic rings. The molecule has 0 saturated carbocycles. The van der Waals surface area contributed by atoms with Gasteiger partial charge in [0.05, 0.1) is 12.2 Å². The maximum absolute atomic E-state index is 12.5. The highest BCUT2D eigenvalue weighted by atomic mass is 16.2. The third-order valence-electron chi connectivity index (χ3n) is 4.37. The second-order valence-corrected chi connectivity index (χ2v) is 7.06. The Morgan fingerprint density at radius 3 is 2.60 bits per heavy atom. The van der Waals surface area contributed by atoms with Gasteiger partial charge in [0.15, 0.2) is 0 Å². The number of carbonyl (C=O) groups excluding carboxylic acids is 1. The minimum Gasteiger partial charge on any atom is -0.309 e. The van der Waals surface area contributed by atoms with Crippen LogP contribution in [-0.4, -0.2) is 50.2 Å². The van der Waals surface area contributed by atoms with E-state index in [9.17, 15) is 4.79 Å². The lowest BCUT2D eigenvalue weighted by Crippen LogP contribution is -2.40. The zero-order chi connectivity index (χ0) is 18.0. The Labute approximate surface area is 148 Å². The van der Waals surface area contributed by atoms with Gasteiger partial charge in [0.25, 0.3) is 5.95 Å². The van der Waals surface area contributed by atoms with Gasteiger partial charge in [-0.2, -0.15) is 9.78 Å². The molecule has 1 aliphatic rings. The summed E-state index contributed by atoms with van der Waals surface area (Å²) in [5.74, 6) is 1.71. The molecule has 0 aliphatic carbocycles. The number of rotatable bonds is 4.